The minimum absolute atomic E-state index is 0.0626. The van der Waals surface area contributed by atoms with Gasteiger partial charge in [-0.15, -0.1) is 0 Å². The molecule has 0 unspecified atom stereocenters. The minimum atomic E-state index is -0.298. The third-order valence-electron chi connectivity index (χ3n) is 4.50. The Labute approximate surface area is 184 Å². The predicted molar refractivity (Wildman–Crippen MR) is 120 cm³/mol. The van der Waals surface area contributed by atoms with E-state index in [4.69, 9.17) is 23.8 Å². The second-order valence-corrected chi connectivity index (χ2v) is 7.75. The van der Waals surface area contributed by atoms with Crippen LogP contribution in [0.3, 0.4) is 0 Å². The first-order chi connectivity index (χ1) is 14.3. The van der Waals surface area contributed by atoms with Crippen LogP contribution in [0, 0.1) is 11.7 Å². The van der Waals surface area contributed by atoms with Crippen LogP contribution in [0.25, 0.3) is 11.4 Å². The number of carbonyl (C=O) groups excluding carboxylic acids is 2. The number of likely N-dealkylation sites (N-methyl/N-ethyl adjacent to an activating group) is 1. The van der Waals surface area contributed by atoms with Crippen LogP contribution in [0.2, 0.25) is 5.02 Å². The molecule has 7 nitrogen and oxygen atoms in total. The number of hydrogen-bond acceptors (Lipinski definition) is 4. The van der Waals surface area contributed by atoms with Gasteiger partial charge in [-0.05, 0) is 43.4 Å². The second kappa shape index (κ2) is 9.69. The van der Waals surface area contributed by atoms with Gasteiger partial charge in [0.2, 0.25) is 11.8 Å². The average Bonchev–Trinajstić information content (AvgIpc) is 3.06. The fraction of sp³-hybridized carbons (Fsp3) is 0.238. The molecule has 0 aliphatic rings. The number of nitrogens with one attached hydrogen (secondary N) is 2. The van der Waals surface area contributed by atoms with Crippen LogP contribution in [-0.2, 0) is 16.1 Å². The highest BCUT2D eigenvalue weighted by molar-refractivity contribution is 7.71. The Balaban J connectivity index is 1.60. The number of benzene rings is 2. The summed E-state index contributed by atoms with van der Waals surface area (Å²) in [6.45, 7) is 2.30. The van der Waals surface area contributed by atoms with Crippen molar-refractivity contribution in [2.75, 3.05) is 18.9 Å². The number of H-pyrrole nitrogens is 1. The summed E-state index contributed by atoms with van der Waals surface area (Å²) in [5.74, 6) is 0.209. The zero-order valence-corrected chi connectivity index (χ0v) is 18.3. The summed E-state index contributed by atoms with van der Waals surface area (Å²) >= 11 is 11.2. The van der Waals surface area contributed by atoms with E-state index in [0.29, 0.717) is 27.9 Å². The molecule has 2 N–H and O–H groups in total. The normalized spacial score (nSPS) is 10.6. The lowest BCUT2D eigenvalue weighted by molar-refractivity contribution is -0.133. The van der Waals surface area contributed by atoms with Crippen LogP contribution >= 0.6 is 23.8 Å². The van der Waals surface area contributed by atoms with Crippen molar-refractivity contribution in [1.82, 2.24) is 19.7 Å². The van der Waals surface area contributed by atoms with Crippen molar-refractivity contribution in [2.24, 2.45) is 0 Å². The van der Waals surface area contributed by atoms with Crippen molar-refractivity contribution in [1.29, 1.82) is 0 Å². The van der Waals surface area contributed by atoms with Crippen molar-refractivity contribution in [2.45, 2.75) is 19.9 Å². The maximum atomic E-state index is 12.5. The number of carbonyl (C=O) groups is 2. The van der Waals surface area contributed by atoms with Gasteiger partial charge in [0.25, 0.3) is 0 Å². The molecule has 0 radical (unpaired) electrons. The molecule has 9 heteroatoms. The number of aromatic amines is 1. The molecule has 3 aromatic rings. The van der Waals surface area contributed by atoms with Gasteiger partial charge in [-0.1, -0.05) is 41.4 Å². The van der Waals surface area contributed by atoms with Gasteiger partial charge in [0, 0.05) is 36.3 Å². The molecule has 0 saturated heterocycles. The van der Waals surface area contributed by atoms with E-state index in [1.54, 1.807) is 35.9 Å². The molecule has 1 heterocycles. The first-order valence-electron chi connectivity index (χ1n) is 9.35. The number of hydrogen-bond donors (Lipinski definition) is 2. The summed E-state index contributed by atoms with van der Waals surface area (Å²) in [6.07, 6.45) is 0.188. The maximum absolute atomic E-state index is 12.5. The molecule has 0 saturated carbocycles. The Hall–Kier alpha value is -2.97. The number of amides is 2. The molecule has 0 bridgehead atoms. The van der Waals surface area contributed by atoms with Gasteiger partial charge in [0.15, 0.2) is 10.6 Å². The standard InChI is InChI=1S/C21H22ClN5O2S/c1-14-5-3-6-15(11-14)20-24-25-21(30)27(20)10-9-19(29)26(2)13-18(28)23-17-8-4-7-16(22)12-17/h3-8,11-12H,9-10,13H2,1-2H3,(H,23,28)(H,25,30). The molecular weight excluding hydrogens is 422 g/mol. The smallest absolute Gasteiger partial charge is 0.243 e. The third kappa shape index (κ3) is 5.55. The van der Waals surface area contributed by atoms with Gasteiger partial charge in [-0.2, -0.15) is 5.10 Å². The quantitative estimate of drug-likeness (QED) is 0.539. The Morgan fingerprint density at radius 3 is 2.73 bits per heavy atom. The summed E-state index contributed by atoms with van der Waals surface area (Å²) in [4.78, 5) is 26.1. The molecule has 2 amide bonds. The van der Waals surface area contributed by atoms with E-state index in [1.165, 1.54) is 4.90 Å². The molecule has 0 atom stereocenters. The number of nitrogens with zero attached hydrogens (tertiary/aromatic N) is 3. The van der Waals surface area contributed by atoms with E-state index in [2.05, 4.69) is 15.5 Å². The van der Waals surface area contributed by atoms with Gasteiger partial charge < -0.3 is 10.2 Å². The molecule has 0 aliphatic heterocycles. The first kappa shape index (κ1) is 21.7. The molecule has 0 aliphatic carbocycles. The van der Waals surface area contributed by atoms with E-state index in [-0.39, 0.29) is 24.8 Å². The summed E-state index contributed by atoms with van der Waals surface area (Å²) < 4.78 is 2.24. The Bertz CT molecular complexity index is 1120. The summed E-state index contributed by atoms with van der Waals surface area (Å²) in [5.41, 5.74) is 2.61. The fourth-order valence-electron chi connectivity index (χ4n) is 3.00. The van der Waals surface area contributed by atoms with E-state index in [1.807, 2.05) is 31.2 Å². The van der Waals surface area contributed by atoms with Crippen LogP contribution in [0.15, 0.2) is 48.5 Å². The van der Waals surface area contributed by atoms with Crippen LogP contribution in [0.1, 0.15) is 12.0 Å². The second-order valence-electron chi connectivity index (χ2n) is 6.93. The molecule has 30 heavy (non-hydrogen) atoms. The van der Waals surface area contributed by atoms with Crippen molar-refractivity contribution in [3.63, 3.8) is 0 Å². The molecule has 3 rings (SSSR count). The lowest BCUT2D eigenvalue weighted by Crippen LogP contribution is -2.35. The molecule has 1 aromatic heterocycles. The van der Waals surface area contributed by atoms with Crippen LogP contribution in [0.5, 0.6) is 0 Å². The number of halogens is 1. The van der Waals surface area contributed by atoms with E-state index >= 15 is 0 Å². The number of aryl methyl sites for hydroxylation is 1. The van der Waals surface area contributed by atoms with Gasteiger partial charge in [0.1, 0.15) is 0 Å². The van der Waals surface area contributed by atoms with Crippen LogP contribution in [0.4, 0.5) is 5.69 Å². The summed E-state index contributed by atoms with van der Waals surface area (Å²) in [5, 5.41) is 10.3. The van der Waals surface area contributed by atoms with Crippen molar-refractivity contribution >= 4 is 41.3 Å². The molecular formula is C21H22ClN5O2S. The lowest BCUT2D eigenvalue weighted by atomic mass is 10.1. The van der Waals surface area contributed by atoms with E-state index in [9.17, 15) is 9.59 Å². The monoisotopic (exact) mass is 443 g/mol. The molecule has 0 fully saturated rings. The topological polar surface area (TPSA) is 83.0 Å². The molecule has 2 aromatic carbocycles. The highest BCUT2D eigenvalue weighted by Crippen LogP contribution is 2.19. The van der Waals surface area contributed by atoms with Gasteiger partial charge in [-0.3, -0.25) is 19.3 Å². The zero-order chi connectivity index (χ0) is 21.7. The van der Waals surface area contributed by atoms with Crippen molar-refractivity contribution in [3.05, 3.63) is 63.9 Å². The Kier molecular flexibility index (Phi) is 7.02. The van der Waals surface area contributed by atoms with Crippen molar-refractivity contribution < 1.29 is 9.59 Å². The largest absolute Gasteiger partial charge is 0.336 e. The molecule has 0 spiro atoms. The van der Waals surface area contributed by atoms with Gasteiger partial charge in [0.05, 0.1) is 6.54 Å². The average molecular weight is 444 g/mol. The number of rotatable bonds is 7. The first-order valence-corrected chi connectivity index (χ1v) is 10.1. The zero-order valence-electron chi connectivity index (χ0n) is 16.7. The van der Waals surface area contributed by atoms with Gasteiger partial charge in [-0.25, -0.2) is 0 Å². The van der Waals surface area contributed by atoms with E-state index < -0.39 is 0 Å². The number of anilines is 1. The summed E-state index contributed by atoms with van der Waals surface area (Å²) in [6, 6.07) is 14.8. The maximum Gasteiger partial charge on any atom is 0.243 e. The van der Waals surface area contributed by atoms with Gasteiger partial charge >= 0.3 is 0 Å². The predicted octanol–water partition coefficient (Wildman–Crippen LogP) is 4.06. The van der Waals surface area contributed by atoms with Crippen LogP contribution in [-0.4, -0.2) is 45.1 Å². The summed E-state index contributed by atoms with van der Waals surface area (Å²) in [7, 11) is 1.59. The highest BCUT2D eigenvalue weighted by Gasteiger charge is 2.15. The Morgan fingerprint density at radius 1 is 1.23 bits per heavy atom. The SMILES string of the molecule is Cc1cccc(-c2n[nH]c(=S)n2CCC(=O)N(C)CC(=O)Nc2cccc(Cl)c2)c1. The van der Waals surface area contributed by atoms with Crippen molar-refractivity contribution in [3.8, 4) is 11.4 Å². The van der Waals surface area contributed by atoms with E-state index in [0.717, 1.165) is 11.1 Å². The molecule has 156 valence electrons. The lowest BCUT2D eigenvalue weighted by Gasteiger charge is -2.17. The Morgan fingerprint density at radius 2 is 2.00 bits per heavy atom. The third-order valence-corrected chi connectivity index (χ3v) is 5.05. The highest BCUT2D eigenvalue weighted by atomic mass is 35.5. The number of aromatic nitrogens is 3. The minimum Gasteiger partial charge on any atom is -0.336 e. The van der Waals surface area contributed by atoms with Crippen LogP contribution < -0.4 is 5.32 Å². The fourth-order valence-corrected chi connectivity index (χ4v) is 3.41.